The van der Waals surface area contributed by atoms with Crippen molar-refractivity contribution in [2.24, 2.45) is 0 Å². The maximum absolute atomic E-state index is 12.0. The highest BCUT2D eigenvalue weighted by Crippen LogP contribution is 2.21. The average Bonchev–Trinajstić information content (AvgIpc) is 3.02. The van der Waals surface area contributed by atoms with E-state index in [0.717, 1.165) is 0 Å². The Morgan fingerprint density at radius 3 is 2.56 bits per heavy atom. The third-order valence-electron chi connectivity index (χ3n) is 3.22. The van der Waals surface area contributed by atoms with Gasteiger partial charge in [-0.3, -0.25) is 19.3 Å². The van der Waals surface area contributed by atoms with Gasteiger partial charge in [0, 0.05) is 29.6 Å². The molecule has 7 nitrogen and oxygen atoms in total. The van der Waals surface area contributed by atoms with E-state index < -0.39 is 5.97 Å². The molecule has 0 aliphatic heterocycles. The summed E-state index contributed by atoms with van der Waals surface area (Å²) in [6.07, 6.45) is -0.265. The predicted octanol–water partition coefficient (Wildman–Crippen LogP) is 2.81. The Balaban J connectivity index is 1.91. The van der Waals surface area contributed by atoms with Gasteiger partial charge in [-0.1, -0.05) is 11.6 Å². The van der Waals surface area contributed by atoms with Gasteiger partial charge in [-0.25, -0.2) is 4.98 Å². The minimum absolute atomic E-state index is 0.0658. The molecule has 0 atom stereocenters. The minimum Gasteiger partial charge on any atom is -0.481 e. The molecule has 0 aliphatic rings. The molecule has 0 spiro atoms. The normalized spacial score (nSPS) is 10.3. The van der Waals surface area contributed by atoms with Gasteiger partial charge >= 0.3 is 5.97 Å². The SMILES string of the molecule is CN(C(=O)CCC(=O)O)c1nc(CC(=O)Nc2ccc(Cl)cc2)cs1. The van der Waals surface area contributed by atoms with Crippen molar-refractivity contribution in [1.29, 1.82) is 0 Å². The molecule has 1 aromatic carbocycles. The smallest absolute Gasteiger partial charge is 0.303 e. The van der Waals surface area contributed by atoms with Crippen LogP contribution in [0.25, 0.3) is 0 Å². The molecule has 9 heteroatoms. The van der Waals surface area contributed by atoms with E-state index in [1.54, 1.807) is 29.6 Å². The van der Waals surface area contributed by atoms with Gasteiger partial charge in [0.15, 0.2) is 5.13 Å². The van der Waals surface area contributed by atoms with Gasteiger partial charge in [-0.2, -0.15) is 0 Å². The first-order chi connectivity index (χ1) is 11.8. The lowest BCUT2D eigenvalue weighted by molar-refractivity contribution is -0.138. The monoisotopic (exact) mass is 381 g/mol. The molecule has 0 saturated heterocycles. The third-order valence-corrected chi connectivity index (χ3v) is 4.44. The van der Waals surface area contributed by atoms with Gasteiger partial charge in [0.25, 0.3) is 0 Å². The topological polar surface area (TPSA) is 99.6 Å². The number of nitrogens with zero attached hydrogens (tertiary/aromatic N) is 2. The van der Waals surface area contributed by atoms with Crippen molar-refractivity contribution in [3.05, 3.63) is 40.4 Å². The van der Waals surface area contributed by atoms with E-state index in [9.17, 15) is 14.4 Å². The highest BCUT2D eigenvalue weighted by Gasteiger charge is 2.16. The number of nitrogens with one attached hydrogen (secondary N) is 1. The summed E-state index contributed by atoms with van der Waals surface area (Å²) in [6, 6.07) is 6.74. The number of anilines is 2. The fraction of sp³-hybridized carbons (Fsp3) is 0.250. The van der Waals surface area contributed by atoms with Crippen molar-refractivity contribution in [1.82, 2.24) is 4.98 Å². The molecule has 2 N–H and O–H groups in total. The van der Waals surface area contributed by atoms with Crippen LogP contribution >= 0.6 is 22.9 Å². The Morgan fingerprint density at radius 2 is 1.92 bits per heavy atom. The lowest BCUT2D eigenvalue weighted by Crippen LogP contribution is -2.26. The van der Waals surface area contributed by atoms with Crippen LogP contribution in [0.3, 0.4) is 0 Å². The molecule has 25 heavy (non-hydrogen) atoms. The number of hydrogen-bond donors (Lipinski definition) is 2. The van der Waals surface area contributed by atoms with Crippen LogP contribution in [0, 0.1) is 0 Å². The summed E-state index contributed by atoms with van der Waals surface area (Å²) in [5.74, 6) is -1.60. The summed E-state index contributed by atoms with van der Waals surface area (Å²) in [5.41, 5.74) is 1.16. The quantitative estimate of drug-likeness (QED) is 0.768. The molecule has 2 amide bonds. The molecule has 0 aliphatic carbocycles. The van der Waals surface area contributed by atoms with Crippen LogP contribution in [0.1, 0.15) is 18.5 Å². The second-order valence-electron chi connectivity index (χ2n) is 5.20. The van der Waals surface area contributed by atoms with Crippen LogP contribution in [0.4, 0.5) is 10.8 Å². The number of halogens is 1. The number of thiazole rings is 1. The Hall–Kier alpha value is -2.45. The van der Waals surface area contributed by atoms with Crippen molar-refractivity contribution < 1.29 is 19.5 Å². The van der Waals surface area contributed by atoms with Crippen LogP contribution in [-0.2, 0) is 20.8 Å². The van der Waals surface area contributed by atoms with Gasteiger partial charge in [-0.15, -0.1) is 11.3 Å². The maximum Gasteiger partial charge on any atom is 0.303 e. The first kappa shape index (κ1) is 18.9. The van der Waals surface area contributed by atoms with Crippen LogP contribution in [0.2, 0.25) is 5.02 Å². The molecule has 2 aromatic rings. The number of rotatable bonds is 7. The zero-order chi connectivity index (χ0) is 18.4. The van der Waals surface area contributed by atoms with Gasteiger partial charge in [-0.05, 0) is 24.3 Å². The minimum atomic E-state index is -1.03. The largest absolute Gasteiger partial charge is 0.481 e. The van der Waals surface area contributed by atoms with Crippen LogP contribution < -0.4 is 10.2 Å². The summed E-state index contributed by atoms with van der Waals surface area (Å²) in [6.45, 7) is 0. The van der Waals surface area contributed by atoms with E-state index in [1.165, 1.54) is 23.3 Å². The molecule has 0 radical (unpaired) electrons. The molecular formula is C16H16ClN3O4S. The number of carbonyl (C=O) groups excluding carboxylic acids is 2. The first-order valence-corrected chi connectivity index (χ1v) is 8.59. The first-order valence-electron chi connectivity index (χ1n) is 7.33. The van der Waals surface area contributed by atoms with Crippen LogP contribution in [0.5, 0.6) is 0 Å². The highest BCUT2D eigenvalue weighted by molar-refractivity contribution is 7.14. The molecule has 0 fully saturated rings. The lowest BCUT2D eigenvalue weighted by atomic mass is 10.3. The van der Waals surface area contributed by atoms with Crippen LogP contribution in [0.15, 0.2) is 29.6 Å². The Labute approximate surface area is 153 Å². The standard InChI is InChI=1S/C16H16ClN3O4S/c1-20(14(22)6-7-15(23)24)16-19-12(9-25-16)8-13(21)18-11-4-2-10(17)3-5-11/h2-5,9H,6-8H2,1H3,(H,18,21)(H,23,24). The molecular weight excluding hydrogens is 366 g/mol. The van der Waals surface area contributed by atoms with E-state index in [0.29, 0.717) is 21.5 Å². The number of aliphatic carboxylic acids is 1. The summed E-state index contributed by atoms with van der Waals surface area (Å²) < 4.78 is 0. The Kier molecular flexibility index (Phi) is 6.49. The van der Waals surface area contributed by atoms with Crippen molar-refractivity contribution in [2.45, 2.75) is 19.3 Å². The third kappa shape index (κ3) is 5.84. The average molecular weight is 382 g/mol. The fourth-order valence-electron chi connectivity index (χ4n) is 1.92. The fourth-order valence-corrected chi connectivity index (χ4v) is 2.86. The summed E-state index contributed by atoms with van der Waals surface area (Å²) in [5, 5.41) is 14.0. The number of aromatic nitrogens is 1. The van der Waals surface area contributed by atoms with E-state index in [1.807, 2.05) is 0 Å². The summed E-state index contributed by atoms with van der Waals surface area (Å²) >= 11 is 7.01. The second-order valence-corrected chi connectivity index (χ2v) is 6.47. The van der Waals surface area contributed by atoms with Crippen LogP contribution in [-0.4, -0.2) is 34.9 Å². The van der Waals surface area contributed by atoms with Crippen molar-refractivity contribution in [3.8, 4) is 0 Å². The zero-order valence-corrected chi connectivity index (χ0v) is 14.9. The second kappa shape index (κ2) is 8.59. The zero-order valence-electron chi connectivity index (χ0n) is 13.4. The van der Waals surface area contributed by atoms with Gasteiger partial charge in [0.05, 0.1) is 18.5 Å². The van der Waals surface area contributed by atoms with Crippen molar-refractivity contribution in [2.75, 3.05) is 17.3 Å². The molecule has 0 unspecified atom stereocenters. The molecule has 2 rings (SSSR count). The van der Waals surface area contributed by atoms with Gasteiger partial charge in [0.2, 0.25) is 11.8 Å². The number of amides is 2. The van der Waals surface area contributed by atoms with E-state index >= 15 is 0 Å². The van der Waals surface area contributed by atoms with Gasteiger partial charge in [0.1, 0.15) is 0 Å². The molecule has 1 aromatic heterocycles. The van der Waals surface area contributed by atoms with E-state index in [2.05, 4.69) is 10.3 Å². The number of hydrogen-bond acceptors (Lipinski definition) is 5. The summed E-state index contributed by atoms with van der Waals surface area (Å²) in [4.78, 5) is 40.0. The van der Waals surface area contributed by atoms with Gasteiger partial charge < -0.3 is 10.4 Å². The predicted molar refractivity (Wildman–Crippen MR) is 96.2 cm³/mol. The number of carbonyl (C=O) groups is 3. The lowest BCUT2D eigenvalue weighted by Gasteiger charge is -2.12. The molecule has 132 valence electrons. The Morgan fingerprint density at radius 1 is 1.24 bits per heavy atom. The highest BCUT2D eigenvalue weighted by atomic mass is 35.5. The number of benzene rings is 1. The van der Waals surface area contributed by atoms with Crippen molar-refractivity contribution >= 4 is 51.5 Å². The molecule has 0 bridgehead atoms. The van der Waals surface area contributed by atoms with E-state index in [-0.39, 0.29) is 31.1 Å². The maximum atomic E-state index is 12.0. The number of carboxylic acid groups (broad SMARTS) is 1. The Bertz CT molecular complexity index is 776. The molecule has 1 heterocycles. The molecule has 0 saturated carbocycles. The van der Waals surface area contributed by atoms with E-state index in [4.69, 9.17) is 16.7 Å². The summed E-state index contributed by atoms with van der Waals surface area (Å²) in [7, 11) is 1.53. The number of carboxylic acids is 1. The van der Waals surface area contributed by atoms with Crippen molar-refractivity contribution in [3.63, 3.8) is 0 Å².